The van der Waals surface area contributed by atoms with Gasteiger partial charge >= 0.3 is 5.97 Å². The van der Waals surface area contributed by atoms with Crippen molar-refractivity contribution in [2.24, 2.45) is 5.84 Å². The van der Waals surface area contributed by atoms with Gasteiger partial charge in [-0.25, -0.2) is 5.84 Å². The number of carbonyl (C=O) groups excluding carboxylic acids is 2. The molecule has 1 heterocycles. The Morgan fingerprint density at radius 2 is 2.11 bits per heavy atom. The summed E-state index contributed by atoms with van der Waals surface area (Å²) >= 11 is 0. The van der Waals surface area contributed by atoms with Crippen LogP contribution >= 0.6 is 0 Å². The lowest BCUT2D eigenvalue weighted by molar-refractivity contribution is -0.145. The number of rotatable bonds is 4. The van der Waals surface area contributed by atoms with Gasteiger partial charge in [-0.2, -0.15) is 5.12 Å². The van der Waals surface area contributed by atoms with E-state index in [0.29, 0.717) is 5.70 Å². The van der Waals surface area contributed by atoms with Crippen molar-refractivity contribution < 1.29 is 14.3 Å². The van der Waals surface area contributed by atoms with Gasteiger partial charge in [0, 0.05) is 12.7 Å². The molecule has 7 nitrogen and oxygen atoms in total. The standard InChI is InChI=1S/C11H20N4O3/c1-5-18-10(17)6-9(16)13-11-7(2)14(4)15(12)8(11)3/h8H,5-6,12H2,1-4H3,(H,13,16). The van der Waals surface area contributed by atoms with Crippen molar-refractivity contribution in [3.8, 4) is 0 Å². The molecule has 0 aliphatic carbocycles. The van der Waals surface area contributed by atoms with Crippen LogP contribution in [0.3, 0.4) is 0 Å². The van der Waals surface area contributed by atoms with Gasteiger partial charge in [0.15, 0.2) is 0 Å². The summed E-state index contributed by atoms with van der Waals surface area (Å²) in [6.45, 7) is 5.68. The Bertz CT molecular complexity index is 380. The van der Waals surface area contributed by atoms with Crippen LogP contribution in [0.15, 0.2) is 11.4 Å². The highest BCUT2D eigenvalue weighted by Crippen LogP contribution is 2.22. The van der Waals surface area contributed by atoms with Gasteiger partial charge < -0.3 is 10.1 Å². The average Bonchev–Trinajstić information content (AvgIpc) is 2.47. The molecule has 0 saturated carbocycles. The number of hydrogen-bond donors (Lipinski definition) is 2. The number of hydrazine groups is 2. The van der Waals surface area contributed by atoms with E-state index in [0.717, 1.165) is 5.70 Å². The zero-order valence-electron chi connectivity index (χ0n) is 11.2. The van der Waals surface area contributed by atoms with E-state index < -0.39 is 11.9 Å². The van der Waals surface area contributed by atoms with Gasteiger partial charge in [-0.15, -0.1) is 0 Å². The Morgan fingerprint density at radius 1 is 1.50 bits per heavy atom. The lowest BCUT2D eigenvalue weighted by Gasteiger charge is -2.25. The lowest BCUT2D eigenvalue weighted by Crippen LogP contribution is -2.45. The molecule has 0 spiro atoms. The highest BCUT2D eigenvalue weighted by atomic mass is 16.5. The van der Waals surface area contributed by atoms with E-state index >= 15 is 0 Å². The normalized spacial score (nSPS) is 20.3. The molecule has 1 atom stereocenters. The van der Waals surface area contributed by atoms with Gasteiger partial charge in [-0.05, 0) is 20.8 Å². The fraction of sp³-hybridized carbons (Fsp3) is 0.636. The van der Waals surface area contributed by atoms with E-state index in [1.165, 1.54) is 5.12 Å². The van der Waals surface area contributed by atoms with Crippen LogP contribution in [-0.4, -0.2) is 41.7 Å². The van der Waals surface area contributed by atoms with E-state index in [1.807, 2.05) is 13.8 Å². The molecule has 18 heavy (non-hydrogen) atoms. The van der Waals surface area contributed by atoms with Gasteiger partial charge in [-0.3, -0.25) is 14.6 Å². The SMILES string of the molecule is CCOC(=O)CC(=O)NC1=C(C)N(C)N(N)C1C. The summed E-state index contributed by atoms with van der Waals surface area (Å²) in [7, 11) is 1.80. The zero-order valence-corrected chi connectivity index (χ0v) is 11.2. The smallest absolute Gasteiger partial charge is 0.315 e. The second kappa shape index (κ2) is 5.83. The Hall–Kier alpha value is -1.60. The fourth-order valence-electron chi connectivity index (χ4n) is 1.77. The maximum atomic E-state index is 11.7. The first kappa shape index (κ1) is 14.5. The van der Waals surface area contributed by atoms with Crippen molar-refractivity contribution in [3.63, 3.8) is 0 Å². The summed E-state index contributed by atoms with van der Waals surface area (Å²) in [5.41, 5.74) is 1.55. The van der Waals surface area contributed by atoms with Gasteiger partial charge in [0.25, 0.3) is 0 Å². The number of nitrogens with zero attached hydrogens (tertiary/aromatic N) is 2. The molecule has 3 N–H and O–H groups in total. The molecule has 102 valence electrons. The molecule has 0 fully saturated rings. The summed E-state index contributed by atoms with van der Waals surface area (Å²) < 4.78 is 4.71. The van der Waals surface area contributed by atoms with Crippen LogP contribution < -0.4 is 11.2 Å². The number of carbonyl (C=O) groups is 2. The first-order chi connectivity index (χ1) is 8.38. The first-order valence-electron chi connectivity index (χ1n) is 5.82. The second-order valence-electron chi connectivity index (χ2n) is 4.11. The summed E-state index contributed by atoms with van der Waals surface area (Å²) in [5, 5.41) is 5.96. The highest BCUT2D eigenvalue weighted by Gasteiger charge is 2.31. The summed E-state index contributed by atoms with van der Waals surface area (Å²) in [5.74, 6) is 4.88. The Balaban J connectivity index is 2.62. The third kappa shape index (κ3) is 2.99. The number of esters is 1. The minimum Gasteiger partial charge on any atom is -0.466 e. The monoisotopic (exact) mass is 256 g/mol. The van der Waals surface area contributed by atoms with E-state index in [-0.39, 0.29) is 19.1 Å². The van der Waals surface area contributed by atoms with Gasteiger partial charge in [-0.1, -0.05) is 0 Å². The Labute approximate surface area is 106 Å². The van der Waals surface area contributed by atoms with Crippen molar-refractivity contribution in [3.05, 3.63) is 11.4 Å². The maximum Gasteiger partial charge on any atom is 0.315 e. The molecule has 0 saturated heterocycles. The van der Waals surface area contributed by atoms with Crippen molar-refractivity contribution >= 4 is 11.9 Å². The number of nitrogens with two attached hydrogens (primary N) is 1. The van der Waals surface area contributed by atoms with Crippen LogP contribution in [0, 0.1) is 0 Å². The van der Waals surface area contributed by atoms with Crippen LogP contribution in [0.4, 0.5) is 0 Å². The number of nitrogens with one attached hydrogen (secondary N) is 1. The molecular formula is C11H20N4O3. The second-order valence-corrected chi connectivity index (χ2v) is 4.11. The molecule has 0 radical (unpaired) electrons. The van der Waals surface area contributed by atoms with E-state index in [1.54, 1.807) is 19.0 Å². The quantitative estimate of drug-likeness (QED) is 0.408. The van der Waals surface area contributed by atoms with Crippen LogP contribution in [0.1, 0.15) is 27.2 Å². The predicted molar refractivity (Wildman–Crippen MR) is 65.3 cm³/mol. The maximum absolute atomic E-state index is 11.7. The molecule has 0 aromatic rings. The summed E-state index contributed by atoms with van der Waals surface area (Å²) in [6, 6.07) is -0.138. The van der Waals surface area contributed by atoms with E-state index in [9.17, 15) is 9.59 Å². The largest absolute Gasteiger partial charge is 0.466 e. The Kier molecular flexibility index (Phi) is 4.69. The van der Waals surface area contributed by atoms with E-state index in [4.69, 9.17) is 10.6 Å². The number of ether oxygens (including phenoxy) is 1. The molecule has 1 amide bonds. The van der Waals surface area contributed by atoms with Crippen LogP contribution in [0.2, 0.25) is 0 Å². The molecule has 1 aliphatic heterocycles. The number of allylic oxidation sites excluding steroid dienone is 1. The van der Waals surface area contributed by atoms with Gasteiger partial charge in [0.2, 0.25) is 5.91 Å². The highest BCUT2D eigenvalue weighted by molar-refractivity contribution is 5.95. The Morgan fingerprint density at radius 3 is 2.56 bits per heavy atom. The van der Waals surface area contributed by atoms with Crippen molar-refractivity contribution in [2.75, 3.05) is 13.7 Å². The van der Waals surface area contributed by atoms with E-state index in [2.05, 4.69) is 5.32 Å². The molecular weight excluding hydrogens is 236 g/mol. The van der Waals surface area contributed by atoms with Crippen LogP contribution in [0.5, 0.6) is 0 Å². The molecule has 1 rings (SSSR count). The summed E-state index contributed by atoms with van der Waals surface area (Å²) in [4.78, 5) is 22.8. The molecule has 1 aliphatic rings. The minimum absolute atomic E-state index is 0.138. The molecule has 0 aromatic carbocycles. The third-order valence-corrected chi connectivity index (χ3v) is 2.92. The number of amides is 1. The fourth-order valence-corrected chi connectivity index (χ4v) is 1.77. The molecule has 1 unspecified atom stereocenters. The van der Waals surface area contributed by atoms with Crippen LogP contribution in [0.25, 0.3) is 0 Å². The first-order valence-corrected chi connectivity index (χ1v) is 5.82. The summed E-state index contributed by atoms with van der Waals surface area (Å²) in [6.07, 6.45) is -0.286. The molecule has 7 heteroatoms. The van der Waals surface area contributed by atoms with Crippen molar-refractivity contribution in [2.45, 2.75) is 33.2 Å². The lowest BCUT2D eigenvalue weighted by atomic mass is 10.2. The minimum atomic E-state index is -0.531. The van der Waals surface area contributed by atoms with Crippen molar-refractivity contribution in [1.82, 2.24) is 15.4 Å². The molecule has 0 aromatic heterocycles. The topological polar surface area (TPSA) is 87.9 Å². The van der Waals surface area contributed by atoms with Gasteiger partial charge in [0.1, 0.15) is 6.42 Å². The zero-order chi connectivity index (χ0) is 13.9. The van der Waals surface area contributed by atoms with Crippen molar-refractivity contribution in [1.29, 1.82) is 0 Å². The van der Waals surface area contributed by atoms with Crippen LogP contribution in [-0.2, 0) is 14.3 Å². The van der Waals surface area contributed by atoms with Gasteiger partial charge in [0.05, 0.1) is 18.3 Å². The molecule has 0 bridgehead atoms. The predicted octanol–water partition coefficient (Wildman–Crippen LogP) is -0.288. The average molecular weight is 256 g/mol. The number of hydrogen-bond acceptors (Lipinski definition) is 6. The third-order valence-electron chi connectivity index (χ3n) is 2.92.